The summed E-state index contributed by atoms with van der Waals surface area (Å²) in [4.78, 5) is 0. The van der Waals surface area contributed by atoms with Gasteiger partial charge < -0.3 is 5.32 Å². The van der Waals surface area contributed by atoms with Crippen LogP contribution in [0.5, 0.6) is 0 Å². The van der Waals surface area contributed by atoms with Crippen LogP contribution in [0.25, 0.3) is 0 Å². The fraction of sp³-hybridized carbons (Fsp3) is 0.625. The minimum atomic E-state index is -0.131. The predicted octanol–water partition coefficient (Wildman–Crippen LogP) is 4.89. The van der Waals surface area contributed by atoms with Crippen molar-refractivity contribution in [1.29, 1.82) is 0 Å². The smallest absolute Gasteiger partial charge is 0.128 e. The van der Waals surface area contributed by atoms with Crippen molar-refractivity contribution in [2.75, 3.05) is 6.54 Å². The number of hydrogen-bond donors (Lipinski definition) is 1. The molecule has 0 radical (unpaired) electrons. The van der Waals surface area contributed by atoms with Crippen LogP contribution >= 0.6 is 15.9 Å². The van der Waals surface area contributed by atoms with Crippen molar-refractivity contribution in [3.05, 3.63) is 34.1 Å². The molecule has 0 heterocycles. The molecule has 0 aliphatic heterocycles. The third-order valence-corrected chi connectivity index (χ3v) is 4.69. The van der Waals surface area contributed by atoms with Crippen LogP contribution in [-0.2, 0) is 6.54 Å². The van der Waals surface area contributed by atoms with Gasteiger partial charge in [0, 0.05) is 16.6 Å². The van der Waals surface area contributed by atoms with Crippen molar-refractivity contribution < 1.29 is 4.39 Å². The third-order valence-electron chi connectivity index (χ3n) is 4.20. The number of rotatable bonds is 5. The highest BCUT2D eigenvalue weighted by Gasteiger charge is 2.17. The van der Waals surface area contributed by atoms with Crippen LogP contribution in [0.2, 0.25) is 0 Å². The topological polar surface area (TPSA) is 12.0 Å². The van der Waals surface area contributed by atoms with E-state index < -0.39 is 0 Å². The lowest BCUT2D eigenvalue weighted by Gasteiger charge is -2.26. The maximum absolute atomic E-state index is 13.6. The van der Waals surface area contributed by atoms with Crippen LogP contribution in [0, 0.1) is 17.7 Å². The van der Waals surface area contributed by atoms with Gasteiger partial charge in [-0.25, -0.2) is 4.39 Å². The minimum Gasteiger partial charge on any atom is -0.313 e. The maximum atomic E-state index is 13.6. The monoisotopic (exact) mass is 327 g/mol. The zero-order chi connectivity index (χ0) is 13.7. The van der Waals surface area contributed by atoms with Crippen molar-refractivity contribution in [1.82, 2.24) is 5.32 Å². The van der Waals surface area contributed by atoms with E-state index in [-0.39, 0.29) is 5.82 Å². The van der Waals surface area contributed by atoms with Crippen LogP contribution in [0.1, 0.15) is 44.6 Å². The molecule has 3 heteroatoms. The van der Waals surface area contributed by atoms with Crippen LogP contribution in [-0.4, -0.2) is 6.54 Å². The molecule has 1 aromatic carbocycles. The summed E-state index contributed by atoms with van der Waals surface area (Å²) in [5.41, 5.74) is 0.750. The van der Waals surface area contributed by atoms with Gasteiger partial charge in [0.1, 0.15) is 5.82 Å². The molecule has 0 atom stereocenters. The van der Waals surface area contributed by atoms with Gasteiger partial charge in [-0.1, -0.05) is 54.6 Å². The van der Waals surface area contributed by atoms with Gasteiger partial charge in [0.2, 0.25) is 0 Å². The number of halogens is 2. The Balaban J connectivity index is 1.66. The van der Waals surface area contributed by atoms with Crippen LogP contribution < -0.4 is 5.32 Å². The van der Waals surface area contributed by atoms with Gasteiger partial charge in [-0.2, -0.15) is 0 Å². The quantitative estimate of drug-likeness (QED) is 0.759. The molecule has 0 amide bonds. The van der Waals surface area contributed by atoms with Crippen molar-refractivity contribution in [3.8, 4) is 0 Å². The number of benzene rings is 1. The normalized spacial score (nSPS) is 23.5. The standard InChI is InChI=1S/C16H23BrFN/c1-12-2-4-13(5-3-12)8-9-19-11-14-6-7-15(17)10-16(14)18/h6-7,10,12-13,19H,2-5,8-9,11H2,1H3. The summed E-state index contributed by atoms with van der Waals surface area (Å²) in [7, 11) is 0. The summed E-state index contributed by atoms with van der Waals surface area (Å²) in [6.07, 6.45) is 6.73. The Bertz CT molecular complexity index is 400. The first-order valence-corrected chi connectivity index (χ1v) is 8.09. The first-order chi connectivity index (χ1) is 9.15. The Morgan fingerprint density at radius 3 is 2.68 bits per heavy atom. The first kappa shape index (κ1) is 15.0. The van der Waals surface area contributed by atoms with Gasteiger partial charge in [0.15, 0.2) is 0 Å². The zero-order valence-corrected chi connectivity index (χ0v) is 13.2. The maximum Gasteiger partial charge on any atom is 0.128 e. The molecular formula is C16H23BrFN. The summed E-state index contributed by atoms with van der Waals surface area (Å²) >= 11 is 3.27. The van der Waals surface area contributed by atoms with E-state index >= 15 is 0 Å². The average molecular weight is 328 g/mol. The van der Waals surface area contributed by atoms with Crippen molar-refractivity contribution in [3.63, 3.8) is 0 Å². The molecule has 0 aromatic heterocycles. The SMILES string of the molecule is CC1CCC(CCNCc2ccc(Br)cc2F)CC1. The second-order valence-corrected chi connectivity index (χ2v) is 6.74. The van der Waals surface area contributed by atoms with E-state index in [0.29, 0.717) is 6.54 Å². The molecule has 1 fully saturated rings. The molecule has 1 aromatic rings. The highest BCUT2D eigenvalue weighted by atomic mass is 79.9. The van der Waals surface area contributed by atoms with Gasteiger partial charge >= 0.3 is 0 Å². The Morgan fingerprint density at radius 2 is 2.00 bits per heavy atom. The molecule has 19 heavy (non-hydrogen) atoms. The molecule has 0 unspecified atom stereocenters. The van der Waals surface area contributed by atoms with Gasteiger partial charge in [-0.3, -0.25) is 0 Å². The Hall–Kier alpha value is -0.410. The minimum absolute atomic E-state index is 0.131. The predicted molar refractivity (Wildman–Crippen MR) is 81.5 cm³/mol. The van der Waals surface area contributed by atoms with Crippen LogP contribution in [0.15, 0.2) is 22.7 Å². The van der Waals surface area contributed by atoms with Gasteiger partial charge in [0.05, 0.1) is 0 Å². The summed E-state index contributed by atoms with van der Waals surface area (Å²) in [6.45, 7) is 3.97. The third kappa shape index (κ3) is 4.88. The van der Waals surface area contributed by atoms with Crippen molar-refractivity contribution >= 4 is 15.9 Å². The molecule has 1 nitrogen and oxygen atoms in total. The van der Waals surface area contributed by atoms with E-state index in [4.69, 9.17) is 0 Å². The summed E-state index contributed by atoms with van der Waals surface area (Å²) in [5.74, 6) is 1.66. The first-order valence-electron chi connectivity index (χ1n) is 7.30. The number of nitrogens with one attached hydrogen (secondary N) is 1. The van der Waals surface area contributed by atoms with Crippen LogP contribution in [0.3, 0.4) is 0 Å². The molecule has 106 valence electrons. The second kappa shape index (κ2) is 7.39. The molecule has 1 aliphatic rings. The van der Waals surface area contributed by atoms with Crippen molar-refractivity contribution in [2.24, 2.45) is 11.8 Å². The van der Waals surface area contributed by atoms with Gasteiger partial charge in [-0.15, -0.1) is 0 Å². The van der Waals surface area contributed by atoms with E-state index in [1.54, 1.807) is 0 Å². The fourth-order valence-electron chi connectivity index (χ4n) is 2.81. The Kier molecular flexibility index (Phi) is 5.83. The lowest BCUT2D eigenvalue weighted by molar-refractivity contribution is 0.275. The lowest BCUT2D eigenvalue weighted by Crippen LogP contribution is -2.21. The number of hydrogen-bond acceptors (Lipinski definition) is 1. The van der Waals surface area contributed by atoms with Gasteiger partial charge in [0.25, 0.3) is 0 Å². The molecule has 1 aliphatic carbocycles. The Morgan fingerprint density at radius 1 is 1.26 bits per heavy atom. The Labute approximate surface area is 124 Å². The lowest BCUT2D eigenvalue weighted by atomic mass is 9.81. The van der Waals surface area contributed by atoms with Gasteiger partial charge in [-0.05, 0) is 36.9 Å². The molecule has 0 bridgehead atoms. The molecular weight excluding hydrogens is 305 g/mol. The molecule has 1 N–H and O–H groups in total. The molecule has 1 saturated carbocycles. The fourth-order valence-corrected chi connectivity index (χ4v) is 3.15. The molecule has 0 spiro atoms. The van der Waals surface area contributed by atoms with E-state index in [1.165, 1.54) is 38.2 Å². The van der Waals surface area contributed by atoms with Crippen LogP contribution in [0.4, 0.5) is 4.39 Å². The molecule has 2 rings (SSSR count). The summed E-state index contributed by atoms with van der Waals surface area (Å²) < 4.78 is 14.4. The zero-order valence-electron chi connectivity index (χ0n) is 11.6. The van der Waals surface area contributed by atoms with E-state index in [0.717, 1.165) is 28.4 Å². The largest absolute Gasteiger partial charge is 0.313 e. The van der Waals surface area contributed by atoms with Crippen molar-refractivity contribution in [2.45, 2.75) is 45.6 Å². The summed E-state index contributed by atoms with van der Waals surface area (Å²) in [5, 5.41) is 3.37. The van der Waals surface area contributed by atoms with E-state index in [1.807, 2.05) is 12.1 Å². The molecule has 0 saturated heterocycles. The average Bonchev–Trinajstić information content (AvgIpc) is 2.39. The van der Waals surface area contributed by atoms with E-state index in [9.17, 15) is 4.39 Å². The second-order valence-electron chi connectivity index (χ2n) is 5.83. The van der Waals surface area contributed by atoms with E-state index in [2.05, 4.69) is 28.2 Å². The highest BCUT2D eigenvalue weighted by Crippen LogP contribution is 2.29. The highest BCUT2D eigenvalue weighted by molar-refractivity contribution is 9.10. The summed E-state index contributed by atoms with van der Waals surface area (Å²) in [6, 6.07) is 5.26.